The Morgan fingerprint density at radius 2 is 1.91 bits per heavy atom. The maximum atomic E-state index is 14.4. The zero-order valence-electron chi connectivity index (χ0n) is 17.0. The Morgan fingerprint density at radius 1 is 1.19 bits per heavy atom. The van der Waals surface area contributed by atoms with Gasteiger partial charge in [0.25, 0.3) is 6.23 Å². The monoisotopic (exact) mass is 452 g/mol. The van der Waals surface area contributed by atoms with Crippen molar-refractivity contribution in [3.05, 3.63) is 53.9 Å². The lowest BCUT2D eigenvalue weighted by Gasteiger charge is -2.40. The smallest absolute Gasteiger partial charge is 0.439 e. The number of amides is 1. The summed E-state index contributed by atoms with van der Waals surface area (Å²) in [6, 6.07) is 3.75. The number of alkyl halides is 3. The molecule has 0 aromatic carbocycles. The van der Waals surface area contributed by atoms with Gasteiger partial charge in [-0.3, -0.25) is 9.69 Å². The maximum Gasteiger partial charge on any atom is 0.439 e. The van der Waals surface area contributed by atoms with Crippen LogP contribution in [0.4, 0.5) is 23.2 Å². The fraction of sp³-hybridized carbons (Fsp3) is 0.350. The van der Waals surface area contributed by atoms with Gasteiger partial charge in [-0.25, -0.2) is 14.4 Å². The number of halogens is 4. The lowest BCUT2D eigenvalue weighted by molar-refractivity contribution is -0.241. The van der Waals surface area contributed by atoms with E-state index in [-0.39, 0.29) is 43.3 Å². The van der Waals surface area contributed by atoms with Crippen LogP contribution in [0.15, 0.2) is 36.8 Å². The van der Waals surface area contributed by atoms with E-state index >= 15 is 0 Å². The molecule has 8 nitrogen and oxygen atoms in total. The first kappa shape index (κ1) is 21.8. The first-order valence-corrected chi connectivity index (χ1v) is 9.75. The molecule has 0 bridgehead atoms. The minimum Gasteiger partial charge on any atom is -0.448 e. The van der Waals surface area contributed by atoms with Crippen LogP contribution in [0.3, 0.4) is 0 Å². The molecule has 1 fully saturated rings. The number of hydrogen-bond donors (Lipinski definition) is 1. The van der Waals surface area contributed by atoms with Gasteiger partial charge in [0.05, 0.1) is 16.9 Å². The van der Waals surface area contributed by atoms with E-state index < -0.39 is 24.1 Å². The molecule has 0 spiro atoms. The van der Waals surface area contributed by atoms with E-state index in [4.69, 9.17) is 10.5 Å². The average molecular weight is 452 g/mol. The highest BCUT2D eigenvalue weighted by Crippen LogP contribution is 2.29. The summed E-state index contributed by atoms with van der Waals surface area (Å²) in [5, 5.41) is 0. The number of carbonyl (C=O) groups is 1. The summed E-state index contributed by atoms with van der Waals surface area (Å²) >= 11 is 0. The number of aromatic nitrogens is 3. The number of primary amides is 1. The summed E-state index contributed by atoms with van der Waals surface area (Å²) in [4.78, 5) is 21.9. The molecule has 32 heavy (non-hydrogen) atoms. The van der Waals surface area contributed by atoms with Crippen molar-refractivity contribution in [2.75, 3.05) is 31.1 Å². The van der Waals surface area contributed by atoms with Crippen molar-refractivity contribution in [2.24, 2.45) is 5.73 Å². The van der Waals surface area contributed by atoms with Gasteiger partial charge in [-0.1, -0.05) is 0 Å². The lowest BCUT2D eigenvalue weighted by atomic mass is 10.2. The number of aryl methyl sites for hydroxylation is 1. The van der Waals surface area contributed by atoms with E-state index in [0.717, 1.165) is 11.1 Å². The Bertz CT molecular complexity index is 1120. The van der Waals surface area contributed by atoms with Crippen LogP contribution in [0.1, 0.15) is 16.1 Å². The van der Waals surface area contributed by atoms with Gasteiger partial charge in [0.1, 0.15) is 0 Å². The Morgan fingerprint density at radius 3 is 2.50 bits per heavy atom. The van der Waals surface area contributed by atoms with Crippen LogP contribution in [0.2, 0.25) is 0 Å². The molecule has 170 valence electrons. The molecule has 2 N–H and O–H groups in total. The number of nitrogens with two attached hydrogens (primary N) is 1. The van der Waals surface area contributed by atoms with E-state index in [1.807, 2.05) is 4.90 Å². The summed E-state index contributed by atoms with van der Waals surface area (Å²) < 4.78 is 62.2. The van der Waals surface area contributed by atoms with Crippen molar-refractivity contribution < 1.29 is 27.1 Å². The number of nitrogens with zero attached hydrogens (tertiary/aromatic N) is 5. The summed E-state index contributed by atoms with van der Waals surface area (Å²) in [6.07, 6.45) is -2.44. The molecule has 4 heterocycles. The van der Waals surface area contributed by atoms with Gasteiger partial charge in [0.2, 0.25) is 11.8 Å². The van der Waals surface area contributed by atoms with Gasteiger partial charge in [0, 0.05) is 56.9 Å². The molecule has 1 amide bonds. The summed E-state index contributed by atoms with van der Waals surface area (Å²) in [5.41, 5.74) is 6.59. The number of carbonyl (C=O) groups excluding carboxylic acids is 1. The van der Waals surface area contributed by atoms with Crippen molar-refractivity contribution >= 4 is 17.2 Å². The second-order valence-corrected chi connectivity index (χ2v) is 7.44. The third-order valence-corrected chi connectivity index (χ3v) is 5.16. The van der Waals surface area contributed by atoms with Crippen molar-refractivity contribution in [1.82, 2.24) is 19.3 Å². The van der Waals surface area contributed by atoms with Crippen LogP contribution in [-0.2, 0) is 0 Å². The number of imidazole rings is 1. The van der Waals surface area contributed by atoms with E-state index in [1.54, 1.807) is 23.7 Å². The van der Waals surface area contributed by atoms with E-state index in [0.29, 0.717) is 11.4 Å². The van der Waals surface area contributed by atoms with Crippen molar-refractivity contribution in [3.8, 4) is 5.88 Å². The Balaban J connectivity index is 1.47. The molecule has 1 unspecified atom stereocenters. The number of hydrogen-bond acceptors (Lipinski definition) is 6. The normalized spacial score (nSPS) is 16.3. The molecule has 1 atom stereocenters. The highest BCUT2D eigenvalue weighted by Gasteiger charge is 2.47. The van der Waals surface area contributed by atoms with Gasteiger partial charge in [-0.15, -0.1) is 0 Å². The highest BCUT2D eigenvalue weighted by molar-refractivity contribution is 5.92. The zero-order valence-corrected chi connectivity index (χ0v) is 17.0. The minimum absolute atomic E-state index is 0.0339. The minimum atomic E-state index is -4.68. The quantitative estimate of drug-likeness (QED) is 0.598. The largest absolute Gasteiger partial charge is 0.448 e. The maximum absolute atomic E-state index is 14.4. The topological polar surface area (TPSA) is 89.0 Å². The molecule has 0 radical (unpaired) electrons. The Hall–Kier alpha value is -3.41. The van der Waals surface area contributed by atoms with Crippen molar-refractivity contribution in [3.63, 3.8) is 0 Å². The average Bonchev–Trinajstić information content (AvgIpc) is 3.12. The second-order valence-electron chi connectivity index (χ2n) is 7.44. The number of anilines is 1. The van der Waals surface area contributed by atoms with Gasteiger partial charge in [-0.2, -0.15) is 13.2 Å². The van der Waals surface area contributed by atoms with Crippen LogP contribution in [-0.4, -0.2) is 63.8 Å². The molecule has 3 aromatic rings. The van der Waals surface area contributed by atoms with Crippen LogP contribution < -0.4 is 15.4 Å². The Labute approximate surface area is 180 Å². The van der Waals surface area contributed by atoms with E-state index in [1.165, 1.54) is 18.2 Å². The van der Waals surface area contributed by atoms with Gasteiger partial charge < -0.3 is 19.8 Å². The summed E-state index contributed by atoms with van der Waals surface area (Å²) in [6.45, 7) is 2.29. The zero-order chi connectivity index (χ0) is 23.0. The second kappa shape index (κ2) is 8.26. The molecule has 1 saturated heterocycles. The molecule has 4 rings (SSSR count). The van der Waals surface area contributed by atoms with Gasteiger partial charge in [0.15, 0.2) is 11.5 Å². The van der Waals surface area contributed by atoms with E-state index in [9.17, 15) is 22.4 Å². The summed E-state index contributed by atoms with van der Waals surface area (Å²) in [5.74, 6) is -1.52. The van der Waals surface area contributed by atoms with Crippen LogP contribution in [0.5, 0.6) is 5.88 Å². The third kappa shape index (κ3) is 4.44. The number of pyridine rings is 2. The standard InChI is InChI=1S/C20H20F4N6O2/c1-12-10-30-11-14(8-15(21)18(30)27-12)28-4-6-29(7-5-28)19(20(22,23)24)32-16-3-2-13(9-26-16)17(25)31/h2-3,8-11,19H,4-7H2,1H3,(H2,25,31). The third-order valence-electron chi connectivity index (χ3n) is 5.16. The first-order chi connectivity index (χ1) is 15.1. The number of rotatable bonds is 5. The predicted molar refractivity (Wildman–Crippen MR) is 107 cm³/mol. The van der Waals surface area contributed by atoms with E-state index in [2.05, 4.69) is 9.97 Å². The fourth-order valence-electron chi connectivity index (χ4n) is 3.61. The SMILES string of the molecule is Cc1cn2cc(N3CCN(C(Oc4ccc(C(N)=O)cn4)C(F)(F)F)CC3)cc(F)c2n1. The predicted octanol–water partition coefficient (Wildman–Crippen LogP) is 2.37. The van der Waals surface area contributed by atoms with Gasteiger partial charge >= 0.3 is 6.18 Å². The van der Waals surface area contributed by atoms with Crippen LogP contribution >= 0.6 is 0 Å². The van der Waals surface area contributed by atoms with Crippen molar-refractivity contribution in [2.45, 2.75) is 19.3 Å². The van der Waals surface area contributed by atoms with Crippen LogP contribution in [0.25, 0.3) is 5.65 Å². The molecule has 1 aliphatic rings. The Kier molecular flexibility index (Phi) is 5.63. The van der Waals surface area contributed by atoms with Gasteiger partial charge in [-0.05, 0) is 13.0 Å². The van der Waals surface area contributed by atoms with Crippen molar-refractivity contribution in [1.29, 1.82) is 0 Å². The lowest BCUT2D eigenvalue weighted by Crippen LogP contribution is -2.57. The highest BCUT2D eigenvalue weighted by atomic mass is 19.4. The summed E-state index contributed by atoms with van der Waals surface area (Å²) in [7, 11) is 0. The van der Waals surface area contributed by atoms with Crippen LogP contribution in [0, 0.1) is 12.7 Å². The molecule has 1 aliphatic heterocycles. The first-order valence-electron chi connectivity index (χ1n) is 9.75. The molecule has 3 aromatic heterocycles. The number of ether oxygens (including phenoxy) is 1. The molecule has 0 saturated carbocycles. The molecular weight excluding hydrogens is 432 g/mol. The number of piperazine rings is 1. The molecule has 0 aliphatic carbocycles. The molecule has 12 heteroatoms. The fourth-order valence-corrected chi connectivity index (χ4v) is 3.61. The number of fused-ring (bicyclic) bond motifs is 1. The molecular formula is C20H20F4N6O2.